The molecule has 0 heterocycles. The summed E-state index contributed by atoms with van der Waals surface area (Å²) in [4.78, 5) is 0. The van der Waals surface area contributed by atoms with Crippen LogP contribution in [0.1, 0.15) is 36.1 Å². The molecule has 0 aliphatic heterocycles. The molecule has 0 amide bonds. The molecule has 0 heteroatoms. The molecule has 0 radical (unpaired) electrons. The van der Waals surface area contributed by atoms with Crippen molar-refractivity contribution in [1.29, 1.82) is 0 Å². The Labute approximate surface area is 110 Å². The summed E-state index contributed by atoms with van der Waals surface area (Å²) in [6, 6.07) is 16.9. The highest BCUT2D eigenvalue weighted by atomic mass is 14.0. The van der Waals surface area contributed by atoms with Crippen LogP contribution in [0.5, 0.6) is 0 Å². The molecule has 0 aliphatic rings. The van der Waals surface area contributed by atoms with Crippen molar-refractivity contribution >= 4 is 0 Å². The van der Waals surface area contributed by atoms with Crippen LogP contribution in [0, 0.1) is 11.8 Å². The van der Waals surface area contributed by atoms with Crippen LogP contribution in [0.15, 0.2) is 48.5 Å². The van der Waals surface area contributed by atoms with E-state index in [-0.39, 0.29) is 0 Å². The molecule has 18 heavy (non-hydrogen) atoms. The minimum Gasteiger partial charge on any atom is -0.0617 e. The molecule has 0 N–H and O–H groups in total. The molecule has 0 aliphatic carbocycles. The Kier molecular flexibility index (Phi) is 4.20. The molecule has 0 saturated heterocycles. The van der Waals surface area contributed by atoms with Gasteiger partial charge in [-0.15, -0.1) is 0 Å². The lowest BCUT2D eigenvalue weighted by molar-refractivity contribution is 1.14. The van der Waals surface area contributed by atoms with Gasteiger partial charge in [0.25, 0.3) is 0 Å². The van der Waals surface area contributed by atoms with E-state index in [0.29, 0.717) is 0 Å². The summed E-state index contributed by atoms with van der Waals surface area (Å²) in [5.74, 6) is 6.40. The molecule has 0 fully saturated rings. The Morgan fingerprint density at radius 1 is 0.611 bits per heavy atom. The van der Waals surface area contributed by atoms with Crippen LogP contribution in [0.25, 0.3) is 0 Å². The van der Waals surface area contributed by atoms with Gasteiger partial charge < -0.3 is 0 Å². The summed E-state index contributed by atoms with van der Waals surface area (Å²) in [7, 11) is 0. The van der Waals surface area contributed by atoms with Gasteiger partial charge in [-0.25, -0.2) is 0 Å². The molecule has 2 aromatic rings. The number of aryl methyl sites for hydroxylation is 2. The standard InChI is InChI=1S/C18H18/c1-3-15-5-9-17(10-6-15)13-14-18-11-7-16(4-2)8-12-18/h5-12H,3-4H2,1-2H3. The fourth-order valence-electron chi connectivity index (χ4n) is 1.79. The van der Waals surface area contributed by atoms with E-state index in [0.717, 1.165) is 24.0 Å². The maximum absolute atomic E-state index is 3.20. The Hall–Kier alpha value is -2.00. The van der Waals surface area contributed by atoms with Gasteiger partial charge in [0.1, 0.15) is 0 Å². The summed E-state index contributed by atoms with van der Waals surface area (Å²) in [5.41, 5.74) is 4.86. The summed E-state index contributed by atoms with van der Waals surface area (Å²) in [6.45, 7) is 4.33. The summed E-state index contributed by atoms with van der Waals surface area (Å²) >= 11 is 0. The van der Waals surface area contributed by atoms with Gasteiger partial charge in [-0.3, -0.25) is 0 Å². The minimum atomic E-state index is 1.08. The number of rotatable bonds is 2. The molecule has 0 unspecified atom stereocenters. The van der Waals surface area contributed by atoms with Gasteiger partial charge in [0, 0.05) is 11.1 Å². The molecular formula is C18H18. The van der Waals surface area contributed by atoms with Crippen molar-refractivity contribution in [1.82, 2.24) is 0 Å². The third kappa shape index (κ3) is 3.25. The SMILES string of the molecule is CCc1ccc(C#Cc2ccc(CC)cc2)cc1. The van der Waals surface area contributed by atoms with Crippen molar-refractivity contribution in [2.75, 3.05) is 0 Å². The predicted octanol–water partition coefficient (Wildman–Crippen LogP) is 4.21. The Balaban J connectivity index is 2.14. The summed E-state index contributed by atoms with van der Waals surface area (Å²) in [6.07, 6.45) is 2.15. The number of hydrogen-bond donors (Lipinski definition) is 0. The maximum Gasteiger partial charge on any atom is 0.0249 e. The molecule has 0 saturated carbocycles. The first-order valence-corrected chi connectivity index (χ1v) is 6.51. The maximum atomic E-state index is 3.20. The van der Waals surface area contributed by atoms with E-state index in [4.69, 9.17) is 0 Å². The fraction of sp³-hybridized carbons (Fsp3) is 0.222. The zero-order chi connectivity index (χ0) is 12.8. The molecule has 90 valence electrons. The fourth-order valence-corrected chi connectivity index (χ4v) is 1.79. The third-order valence-corrected chi connectivity index (χ3v) is 3.08. The van der Waals surface area contributed by atoms with Crippen LogP contribution in [-0.4, -0.2) is 0 Å². The molecule has 0 spiro atoms. The Morgan fingerprint density at radius 2 is 0.944 bits per heavy atom. The molecule has 2 aromatic carbocycles. The lowest BCUT2D eigenvalue weighted by Gasteiger charge is -1.96. The van der Waals surface area contributed by atoms with E-state index in [1.54, 1.807) is 0 Å². The first-order valence-electron chi connectivity index (χ1n) is 6.51. The first-order chi connectivity index (χ1) is 8.81. The zero-order valence-corrected chi connectivity index (χ0v) is 11.0. The molecule has 0 aromatic heterocycles. The highest BCUT2D eigenvalue weighted by molar-refractivity contribution is 5.44. The highest BCUT2D eigenvalue weighted by Crippen LogP contribution is 2.06. The van der Waals surface area contributed by atoms with E-state index in [1.807, 2.05) is 0 Å². The smallest absolute Gasteiger partial charge is 0.0249 e. The van der Waals surface area contributed by atoms with E-state index in [1.165, 1.54) is 11.1 Å². The zero-order valence-electron chi connectivity index (χ0n) is 11.0. The van der Waals surface area contributed by atoms with Gasteiger partial charge >= 0.3 is 0 Å². The van der Waals surface area contributed by atoms with Gasteiger partial charge in [0.15, 0.2) is 0 Å². The van der Waals surface area contributed by atoms with Gasteiger partial charge in [-0.1, -0.05) is 50.0 Å². The van der Waals surface area contributed by atoms with E-state index in [2.05, 4.69) is 74.2 Å². The molecular weight excluding hydrogens is 216 g/mol. The molecule has 0 bridgehead atoms. The number of hydrogen-bond acceptors (Lipinski definition) is 0. The monoisotopic (exact) mass is 234 g/mol. The van der Waals surface area contributed by atoms with Crippen LogP contribution >= 0.6 is 0 Å². The third-order valence-electron chi connectivity index (χ3n) is 3.08. The van der Waals surface area contributed by atoms with Crippen LogP contribution in [-0.2, 0) is 12.8 Å². The quantitative estimate of drug-likeness (QED) is 0.683. The second-order valence-corrected chi connectivity index (χ2v) is 4.35. The van der Waals surface area contributed by atoms with Crippen molar-refractivity contribution < 1.29 is 0 Å². The van der Waals surface area contributed by atoms with Crippen LogP contribution < -0.4 is 0 Å². The van der Waals surface area contributed by atoms with Crippen LogP contribution in [0.3, 0.4) is 0 Å². The minimum absolute atomic E-state index is 1.08. The second-order valence-electron chi connectivity index (χ2n) is 4.35. The largest absolute Gasteiger partial charge is 0.0617 e. The molecule has 0 nitrogen and oxygen atoms in total. The lowest BCUT2D eigenvalue weighted by atomic mass is 10.1. The first kappa shape index (κ1) is 12.5. The van der Waals surface area contributed by atoms with Gasteiger partial charge in [0.05, 0.1) is 0 Å². The normalized spacial score (nSPS) is 9.67. The van der Waals surface area contributed by atoms with Gasteiger partial charge in [0.2, 0.25) is 0 Å². The average molecular weight is 234 g/mol. The number of benzene rings is 2. The van der Waals surface area contributed by atoms with Crippen molar-refractivity contribution in [3.63, 3.8) is 0 Å². The summed E-state index contributed by atoms with van der Waals surface area (Å²) < 4.78 is 0. The molecule has 0 atom stereocenters. The van der Waals surface area contributed by atoms with Crippen molar-refractivity contribution in [2.24, 2.45) is 0 Å². The second kappa shape index (κ2) is 6.07. The van der Waals surface area contributed by atoms with Crippen LogP contribution in [0.2, 0.25) is 0 Å². The van der Waals surface area contributed by atoms with E-state index < -0.39 is 0 Å². The topological polar surface area (TPSA) is 0 Å². The Bertz CT molecular complexity index is 496. The van der Waals surface area contributed by atoms with E-state index in [9.17, 15) is 0 Å². The van der Waals surface area contributed by atoms with Gasteiger partial charge in [-0.05, 0) is 48.2 Å². The van der Waals surface area contributed by atoms with E-state index >= 15 is 0 Å². The molecule has 2 rings (SSSR count). The average Bonchev–Trinajstić information content (AvgIpc) is 2.46. The van der Waals surface area contributed by atoms with Crippen molar-refractivity contribution in [2.45, 2.75) is 26.7 Å². The predicted molar refractivity (Wildman–Crippen MR) is 77.6 cm³/mol. The Morgan fingerprint density at radius 3 is 1.22 bits per heavy atom. The van der Waals surface area contributed by atoms with Crippen molar-refractivity contribution in [3.8, 4) is 11.8 Å². The highest BCUT2D eigenvalue weighted by Gasteiger charge is 1.91. The lowest BCUT2D eigenvalue weighted by Crippen LogP contribution is -1.82. The van der Waals surface area contributed by atoms with Crippen LogP contribution in [0.4, 0.5) is 0 Å². The van der Waals surface area contributed by atoms with Crippen molar-refractivity contribution in [3.05, 3.63) is 70.8 Å². The van der Waals surface area contributed by atoms with Gasteiger partial charge in [-0.2, -0.15) is 0 Å². The summed E-state index contributed by atoms with van der Waals surface area (Å²) in [5, 5.41) is 0.